The Balaban J connectivity index is 2.26. The highest BCUT2D eigenvalue weighted by Gasteiger charge is 2.46. The summed E-state index contributed by atoms with van der Waals surface area (Å²) in [4.78, 5) is 10.9. The SMILES string of the molecule is O=C(O)C1CNS(=O)(=O)N1C1CCCC1. The van der Waals surface area contributed by atoms with E-state index in [4.69, 9.17) is 5.11 Å². The average Bonchev–Trinajstić information content (AvgIpc) is 2.70. The Labute approximate surface area is 88.4 Å². The zero-order valence-electron chi connectivity index (χ0n) is 8.22. The molecule has 6 nitrogen and oxygen atoms in total. The molecule has 0 aromatic heterocycles. The first-order valence-corrected chi connectivity index (χ1v) is 6.47. The maximum absolute atomic E-state index is 11.6. The largest absolute Gasteiger partial charge is 0.480 e. The summed E-state index contributed by atoms with van der Waals surface area (Å²) in [6.07, 6.45) is 3.49. The van der Waals surface area contributed by atoms with Crippen LogP contribution in [0.2, 0.25) is 0 Å². The van der Waals surface area contributed by atoms with E-state index in [0.29, 0.717) is 0 Å². The summed E-state index contributed by atoms with van der Waals surface area (Å²) < 4.78 is 26.6. The summed E-state index contributed by atoms with van der Waals surface area (Å²) in [6, 6.07) is -1.07. The van der Waals surface area contributed by atoms with Crippen molar-refractivity contribution in [3.63, 3.8) is 0 Å². The molecule has 1 atom stereocenters. The van der Waals surface area contributed by atoms with Gasteiger partial charge < -0.3 is 5.11 Å². The van der Waals surface area contributed by atoms with Crippen LogP contribution in [0.25, 0.3) is 0 Å². The van der Waals surface area contributed by atoms with Crippen molar-refractivity contribution in [3.8, 4) is 0 Å². The number of nitrogens with one attached hydrogen (secondary N) is 1. The fourth-order valence-electron chi connectivity index (χ4n) is 2.32. The van der Waals surface area contributed by atoms with Gasteiger partial charge in [0.1, 0.15) is 6.04 Å². The fourth-order valence-corrected chi connectivity index (χ4v) is 3.94. The van der Waals surface area contributed by atoms with Crippen molar-refractivity contribution in [3.05, 3.63) is 0 Å². The molecule has 2 fully saturated rings. The van der Waals surface area contributed by atoms with E-state index in [9.17, 15) is 13.2 Å². The number of hydrogen-bond donors (Lipinski definition) is 2. The van der Waals surface area contributed by atoms with Crippen molar-refractivity contribution in [2.24, 2.45) is 0 Å². The molecule has 7 heteroatoms. The van der Waals surface area contributed by atoms with Gasteiger partial charge in [-0.1, -0.05) is 12.8 Å². The van der Waals surface area contributed by atoms with E-state index in [0.717, 1.165) is 30.0 Å². The highest BCUT2D eigenvalue weighted by molar-refractivity contribution is 7.87. The summed E-state index contributed by atoms with van der Waals surface area (Å²) in [5, 5.41) is 8.93. The van der Waals surface area contributed by atoms with Gasteiger partial charge in [0, 0.05) is 12.6 Å². The highest BCUT2D eigenvalue weighted by atomic mass is 32.2. The van der Waals surface area contributed by atoms with Gasteiger partial charge in [0.15, 0.2) is 0 Å². The third-order valence-corrected chi connectivity index (χ3v) is 4.65. The lowest BCUT2D eigenvalue weighted by Crippen LogP contribution is -2.45. The number of nitrogens with zero attached hydrogens (tertiary/aromatic N) is 1. The van der Waals surface area contributed by atoms with Crippen LogP contribution in [-0.4, -0.2) is 42.4 Å². The first-order valence-electron chi connectivity index (χ1n) is 5.03. The average molecular weight is 234 g/mol. The molecule has 1 heterocycles. The Bertz CT molecular complexity index is 361. The predicted molar refractivity (Wildman–Crippen MR) is 52.4 cm³/mol. The zero-order chi connectivity index (χ0) is 11.1. The monoisotopic (exact) mass is 234 g/mol. The molecule has 0 spiro atoms. The lowest BCUT2D eigenvalue weighted by atomic mass is 10.2. The van der Waals surface area contributed by atoms with Crippen LogP contribution in [0.15, 0.2) is 0 Å². The van der Waals surface area contributed by atoms with Crippen LogP contribution >= 0.6 is 0 Å². The minimum Gasteiger partial charge on any atom is -0.480 e. The van der Waals surface area contributed by atoms with Crippen molar-refractivity contribution in [2.45, 2.75) is 37.8 Å². The quantitative estimate of drug-likeness (QED) is 0.676. The van der Waals surface area contributed by atoms with Gasteiger partial charge in [-0.2, -0.15) is 17.4 Å². The van der Waals surface area contributed by atoms with Crippen LogP contribution in [0.1, 0.15) is 25.7 Å². The number of carboxylic acid groups (broad SMARTS) is 1. The maximum atomic E-state index is 11.6. The Morgan fingerprint density at radius 3 is 2.47 bits per heavy atom. The molecular formula is C8H14N2O4S. The van der Waals surface area contributed by atoms with Gasteiger partial charge in [-0.3, -0.25) is 4.79 Å². The van der Waals surface area contributed by atoms with E-state index in [-0.39, 0.29) is 12.6 Å². The molecule has 1 unspecified atom stereocenters. The van der Waals surface area contributed by atoms with Crippen molar-refractivity contribution < 1.29 is 18.3 Å². The molecule has 1 aliphatic carbocycles. The lowest BCUT2D eigenvalue weighted by molar-refractivity contribution is -0.141. The van der Waals surface area contributed by atoms with E-state index in [1.54, 1.807) is 0 Å². The van der Waals surface area contributed by atoms with E-state index in [2.05, 4.69) is 4.72 Å². The fraction of sp³-hybridized carbons (Fsp3) is 0.875. The van der Waals surface area contributed by atoms with Crippen molar-refractivity contribution in [1.29, 1.82) is 0 Å². The molecule has 1 aliphatic heterocycles. The third-order valence-electron chi connectivity index (χ3n) is 3.01. The molecule has 0 bridgehead atoms. The molecule has 1 saturated heterocycles. The van der Waals surface area contributed by atoms with Crippen LogP contribution in [0.4, 0.5) is 0 Å². The summed E-state index contributed by atoms with van der Waals surface area (Å²) in [5.74, 6) is -1.07. The molecule has 0 amide bonds. The van der Waals surface area contributed by atoms with Gasteiger partial charge in [0.05, 0.1) is 0 Å². The van der Waals surface area contributed by atoms with Gasteiger partial charge in [0.25, 0.3) is 10.2 Å². The van der Waals surface area contributed by atoms with Crippen molar-refractivity contribution in [1.82, 2.24) is 9.03 Å². The van der Waals surface area contributed by atoms with E-state index >= 15 is 0 Å². The third kappa shape index (κ3) is 1.86. The lowest BCUT2D eigenvalue weighted by Gasteiger charge is -2.24. The predicted octanol–water partition coefficient (Wildman–Crippen LogP) is -0.468. The summed E-state index contributed by atoms with van der Waals surface area (Å²) >= 11 is 0. The van der Waals surface area contributed by atoms with Crippen molar-refractivity contribution >= 4 is 16.2 Å². The topological polar surface area (TPSA) is 86.7 Å². The normalized spacial score (nSPS) is 32.1. The van der Waals surface area contributed by atoms with Gasteiger partial charge in [-0.15, -0.1) is 0 Å². The number of carboxylic acids is 1. The van der Waals surface area contributed by atoms with Crippen LogP contribution in [-0.2, 0) is 15.0 Å². The van der Waals surface area contributed by atoms with Crippen molar-refractivity contribution in [2.75, 3.05) is 6.54 Å². The molecule has 0 radical (unpaired) electrons. The Morgan fingerprint density at radius 2 is 1.93 bits per heavy atom. The van der Waals surface area contributed by atoms with Gasteiger partial charge in [0.2, 0.25) is 0 Å². The van der Waals surface area contributed by atoms with E-state index < -0.39 is 22.2 Å². The molecule has 15 heavy (non-hydrogen) atoms. The van der Waals surface area contributed by atoms with Gasteiger partial charge in [-0.25, -0.2) is 0 Å². The molecule has 0 aromatic rings. The second kappa shape index (κ2) is 3.73. The van der Waals surface area contributed by atoms with Gasteiger partial charge >= 0.3 is 5.97 Å². The highest BCUT2D eigenvalue weighted by Crippen LogP contribution is 2.29. The van der Waals surface area contributed by atoms with E-state index in [1.165, 1.54) is 0 Å². The number of rotatable bonds is 2. The Morgan fingerprint density at radius 1 is 1.33 bits per heavy atom. The first-order chi connectivity index (χ1) is 7.02. The second-order valence-corrected chi connectivity index (χ2v) is 5.64. The standard InChI is InChI=1S/C8H14N2O4S/c11-8(12)7-5-9-15(13,14)10(7)6-3-1-2-4-6/h6-7,9H,1-5H2,(H,11,12). The van der Waals surface area contributed by atoms with Gasteiger partial charge in [-0.05, 0) is 12.8 Å². The van der Waals surface area contributed by atoms with E-state index in [1.807, 2.05) is 0 Å². The minimum absolute atomic E-state index is 0.0197. The zero-order valence-corrected chi connectivity index (χ0v) is 9.03. The Kier molecular flexibility index (Phi) is 2.70. The van der Waals surface area contributed by atoms with Crippen LogP contribution in [0.5, 0.6) is 0 Å². The summed E-state index contributed by atoms with van der Waals surface area (Å²) in [5.41, 5.74) is 0. The molecule has 2 N–H and O–H groups in total. The summed E-state index contributed by atoms with van der Waals surface area (Å²) in [6.45, 7) is -0.0197. The smallest absolute Gasteiger partial charge is 0.323 e. The van der Waals surface area contributed by atoms with Crippen LogP contribution in [0.3, 0.4) is 0 Å². The molecule has 1 saturated carbocycles. The molecular weight excluding hydrogens is 220 g/mol. The number of hydrogen-bond acceptors (Lipinski definition) is 3. The maximum Gasteiger partial charge on any atom is 0.323 e. The minimum atomic E-state index is -3.56. The molecule has 86 valence electrons. The molecule has 0 aromatic carbocycles. The molecule has 2 aliphatic rings. The molecule has 2 rings (SSSR count). The summed E-state index contributed by atoms with van der Waals surface area (Å²) in [7, 11) is -3.56. The Hall–Kier alpha value is -0.660. The number of aliphatic carboxylic acids is 1. The second-order valence-electron chi connectivity index (χ2n) is 3.98. The number of carbonyl (C=O) groups is 1. The van der Waals surface area contributed by atoms with Crippen LogP contribution in [0, 0.1) is 0 Å². The first kappa shape index (κ1) is 10.8. The van der Waals surface area contributed by atoms with Crippen LogP contribution < -0.4 is 4.72 Å².